The molecule has 0 atom stereocenters. The topological polar surface area (TPSA) is 80.3 Å². The number of carbonyl (C=O) groups is 2. The lowest BCUT2D eigenvalue weighted by atomic mass is 10.2. The highest BCUT2D eigenvalue weighted by atomic mass is 16.5. The van der Waals surface area contributed by atoms with E-state index >= 15 is 0 Å². The molecule has 22 heavy (non-hydrogen) atoms. The molecule has 6 heteroatoms. The van der Waals surface area contributed by atoms with Crippen LogP contribution in [0, 0.1) is 0 Å². The largest absolute Gasteiger partial charge is 0.476 e. The van der Waals surface area contributed by atoms with Crippen LogP contribution in [-0.4, -0.2) is 23.4 Å². The molecule has 0 aliphatic heterocycles. The Balaban J connectivity index is 2.10. The molecule has 0 unspecified atom stereocenters. The van der Waals surface area contributed by atoms with Gasteiger partial charge in [-0.05, 0) is 43.3 Å². The zero-order chi connectivity index (χ0) is 15.9. The summed E-state index contributed by atoms with van der Waals surface area (Å²) < 4.78 is 5.36. The molecule has 2 N–H and O–H groups in total. The smallest absolute Gasteiger partial charge is 0.255 e. The van der Waals surface area contributed by atoms with Gasteiger partial charge in [0.2, 0.25) is 11.8 Å². The van der Waals surface area contributed by atoms with Crippen molar-refractivity contribution in [3.05, 3.63) is 48.2 Å². The Hall–Kier alpha value is -2.89. The van der Waals surface area contributed by atoms with Crippen molar-refractivity contribution in [2.75, 3.05) is 17.2 Å². The van der Waals surface area contributed by atoms with Gasteiger partial charge in [-0.25, -0.2) is 4.98 Å². The summed E-state index contributed by atoms with van der Waals surface area (Å²) in [5.41, 5.74) is 1.63. The van der Waals surface area contributed by atoms with Crippen LogP contribution in [0.2, 0.25) is 0 Å². The van der Waals surface area contributed by atoms with E-state index in [9.17, 15) is 9.59 Å². The number of ether oxygens (including phenoxy) is 1. The maximum absolute atomic E-state index is 12.2. The normalized spacial score (nSPS) is 9.91. The van der Waals surface area contributed by atoms with Crippen LogP contribution < -0.4 is 15.4 Å². The number of carbonyl (C=O) groups excluding carboxylic acids is 2. The summed E-state index contributed by atoms with van der Waals surface area (Å²) in [5, 5.41) is 5.40. The van der Waals surface area contributed by atoms with Crippen molar-refractivity contribution in [3.8, 4) is 5.88 Å². The second-order valence-electron chi connectivity index (χ2n) is 4.50. The molecular weight excluding hydrogens is 282 g/mol. The molecule has 0 saturated carbocycles. The summed E-state index contributed by atoms with van der Waals surface area (Å²) in [7, 11) is 0. The van der Waals surface area contributed by atoms with Crippen LogP contribution in [0.1, 0.15) is 24.2 Å². The van der Waals surface area contributed by atoms with Gasteiger partial charge in [-0.3, -0.25) is 9.59 Å². The third-order valence-corrected chi connectivity index (χ3v) is 2.77. The molecule has 2 aromatic rings. The number of pyridine rings is 1. The first-order valence-electron chi connectivity index (χ1n) is 6.87. The molecule has 1 heterocycles. The SMILES string of the molecule is CCOc1ncccc1NC(=O)c1ccc(NC(C)=O)cc1. The summed E-state index contributed by atoms with van der Waals surface area (Å²) in [6.45, 7) is 3.74. The highest BCUT2D eigenvalue weighted by Crippen LogP contribution is 2.21. The van der Waals surface area contributed by atoms with E-state index < -0.39 is 0 Å². The highest BCUT2D eigenvalue weighted by molar-refractivity contribution is 6.05. The van der Waals surface area contributed by atoms with E-state index in [0.717, 1.165) is 0 Å². The molecule has 0 spiro atoms. The number of benzene rings is 1. The van der Waals surface area contributed by atoms with E-state index in [1.165, 1.54) is 6.92 Å². The predicted octanol–water partition coefficient (Wildman–Crippen LogP) is 2.69. The average molecular weight is 299 g/mol. The zero-order valence-electron chi connectivity index (χ0n) is 12.4. The van der Waals surface area contributed by atoms with Crippen molar-refractivity contribution in [3.63, 3.8) is 0 Å². The van der Waals surface area contributed by atoms with Crippen molar-refractivity contribution < 1.29 is 14.3 Å². The summed E-state index contributed by atoms with van der Waals surface area (Å²) in [5.74, 6) is -0.0505. The number of rotatable bonds is 5. The fourth-order valence-corrected chi connectivity index (χ4v) is 1.84. The van der Waals surface area contributed by atoms with Gasteiger partial charge in [0.15, 0.2) is 0 Å². The van der Waals surface area contributed by atoms with Crippen LogP contribution in [0.4, 0.5) is 11.4 Å². The van der Waals surface area contributed by atoms with Gasteiger partial charge in [0.05, 0.1) is 6.61 Å². The van der Waals surface area contributed by atoms with Crippen molar-refractivity contribution in [1.82, 2.24) is 4.98 Å². The molecule has 0 bridgehead atoms. The number of aromatic nitrogens is 1. The van der Waals surface area contributed by atoms with Gasteiger partial charge in [0, 0.05) is 24.4 Å². The van der Waals surface area contributed by atoms with Gasteiger partial charge in [0.25, 0.3) is 5.91 Å². The Morgan fingerprint density at radius 1 is 1.14 bits per heavy atom. The van der Waals surface area contributed by atoms with Crippen LogP contribution in [0.5, 0.6) is 5.88 Å². The monoisotopic (exact) mass is 299 g/mol. The Bertz CT molecular complexity index is 669. The minimum absolute atomic E-state index is 0.158. The first kappa shape index (κ1) is 15.5. The van der Waals surface area contributed by atoms with Crippen LogP contribution in [0.3, 0.4) is 0 Å². The van der Waals surface area contributed by atoms with Crippen molar-refractivity contribution in [2.45, 2.75) is 13.8 Å². The van der Waals surface area contributed by atoms with Gasteiger partial charge in [-0.1, -0.05) is 0 Å². The molecule has 0 radical (unpaired) electrons. The first-order chi connectivity index (χ1) is 10.6. The number of nitrogens with one attached hydrogen (secondary N) is 2. The third-order valence-electron chi connectivity index (χ3n) is 2.77. The van der Waals surface area contributed by atoms with Crippen LogP contribution in [-0.2, 0) is 4.79 Å². The molecular formula is C16H17N3O3. The fraction of sp³-hybridized carbons (Fsp3) is 0.188. The van der Waals surface area contributed by atoms with Gasteiger partial charge >= 0.3 is 0 Å². The van der Waals surface area contributed by atoms with E-state index in [0.29, 0.717) is 29.4 Å². The fourth-order valence-electron chi connectivity index (χ4n) is 1.84. The molecule has 2 rings (SSSR count). The van der Waals surface area contributed by atoms with Crippen molar-refractivity contribution in [2.24, 2.45) is 0 Å². The molecule has 6 nitrogen and oxygen atoms in total. The first-order valence-corrected chi connectivity index (χ1v) is 6.87. The summed E-state index contributed by atoms with van der Waals surface area (Å²) >= 11 is 0. The molecule has 0 aliphatic carbocycles. The minimum atomic E-state index is -0.275. The summed E-state index contributed by atoms with van der Waals surface area (Å²) in [4.78, 5) is 27.3. The molecule has 2 amide bonds. The zero-order valence-corrected chi connectivity index (χ0v) is 12.4. The molecule has 0 fully saturated rings. The van der Waals surface area contributed by atoms with Gasteiger partial charge in [-0.15, -0.1) is 0 Å². The standard InChI is InChI=1S/C16H17N3O3/c1-3-22-16-14(5-4-10-17-16)19-15(21)12-6-8-13(9-7-12)18-11(2)20/h4-10H,3H2,1-2H3,(H,18,20)(H,19,21). The van der Waals surface area contributed by atoms with E-state index in [1.54, 1.807) is 42.6 Å². The maximum atomic E-state index is 12.2. The van der Waals surface area contributed by atoms with E-state index in [1.807, 2.05) is 6.92 Å². The van der Waals surface area contributed by atoms with E-state index in [4.69, 9.17) is 4.74 Å². The van der Waals surface area contributed by atoms with Crippen molar-refractivity contribution in [1.29, 1.82) is 0 Å². The quantitative estimate of drug-likeness (QED) is 0.889. The van der Waals surface area contributed by atoms with Crippen LogP contribution in [0.25, 0.3) is 0 Å². The highest BCUT2D eigenvalue weighted by Gasteiger charge is 2.10. The Labute approximate surface area is 128 Å². The summed E-state index contributed by atoms with van der Waals surface area (Å²) in [6, 6.07) is 10.1. The number of anilines is 2. The second-order valence-corrected chi connectivity index (χ2v) is 4.50. The van der Waals surface area contributed by atoms with Crippen LogP contribution >= 0.6 is 0 Å². The summed E-state index contributed by atoms with van der Waals surface area (Å²) in [6.07, 6.45) is 1.60. The van der Waals surface area contributed by atoms with E-state index in [-0.39, 0.29) is 11.8 Å². The van der Waals surface area contributed by atoms with E-state index in [2.05, 4.69) is 15.6 Å². The van der Waals surface area contributed by atoms with Crippen LogP contribution in [0.15, 0.2) is 42.6 Å². The number of nitrogens with zero attached hydrogens (tertiary/aromatic N) is 1. The predicted molar refractivity (Wildman–Crippen MR) is 84.1 cm³/mol. The van der Waals surface area contributed by atoms with Crippen molar-refractivity contribution >= 4 is 23.2 Å². The van der Waals surface area contributed by atoms with Gasteiger partial charge < -0.3 is 15.4 Å². The number of amides is 2. The molecule has 1 aromatic carbocycles. The van der Waals surface area contributed by atoms with Gasteiger partial charge in [0.1, 0.15) is 5.69 Å². The average Bonchev–Trinajstić information content (AvgIpc) is 2.49. The van der Waals surface area contributed by atoms with Gasteiger partial charge in [-0.2, -0.15) is 0 Å². The number of hydrogen-bond donors (Lipinski definition) is 2. The molecule has 0 aliphatic rings. The number of hydrogen-bond acceptors (Lipinski definition) is 4. The lowest BCUT2D eigenvalue weighted by molar-refractivity contribution is -0.114. The lowest BCUT2D eigenvalue weighted by Gasteiger charge is -2.10. The third kappa shape index (κ3) is 4.05. The maximum Gasteiger partial charge on any atom is 0.255 e. The minimum Gasteiger partial charge on any atom is -0.476 e. The Morgan fingerprint density at radius 3 is 2.50 bits per heavy atom. The molecule has 114 valence electrons. The Kier molecular flexibility index (Phi) is 5.08. The molecule has 0 saturated heterocycles. The Morgan fingerprint density at radius 2 is 1.86 bits per heavy atom. The second kappa shape index (κ2) is 7.21. The molecule has 1 aromatic heterocycles. The lowest BCUT2D eigenvalue weighted by Crippen LogP contribution is -2.13.